The van der Waals surface area contributed by atoms with Gasteiger partial charge in [0, 0.05) is 45.8 Å². The fourth-order valence-corrected chi connectivity index (χ4v) is 13.2. The largest absolute Gasteiger partial charge is 3.00 e. The Hall–Kier alpha value is -7.36. The first-order valence-corrected chi connectivity index (χ1v) is 27.4. The predicted molar refractivity (Wildman–Crippen MR) is 314 cm³/mol. The zero-order valence-corrected chi connectivity index (χ0v) is 47.0. The number of aromatic nitrogens is 3. The van der Waals surface area contributed by atoms with Crippen molar-refractivity contribution in [2.75, 3.05) is 0 Å². The molecule has 7 aromatic carbocycles. The first-order chi connectivity index (χ1) is 37.1. The average molecular weight is 1180 g/mol. The van der Waals surface area contributed by atoms with Crippen LogP contribution in [0.4, 0.5) is 0 Å². The van der Waals surface area contributed by atoms with E-state index in [1.54, 1.807) is 0 Å². The maximum atomic E-state index is 5.22. The van der Waals surface area contributed by atoms with Crippen LogP contribution in [0.3, 0.4) is 0 Å². The number of rotatable bonds is 11. The van der Waals surface area contributed by atoms with Crippen LogP contribution in [0.25, 0.3) is 78.3 Å². The molecule has 4 atom stereocenters. The van der Waals surface area contributed by atoms with Gasteiger partial charge in [0.15, 0.2) is 0 Å². The van der Waals surface area contributed by atoms with Gasteiger partial charge in [-0.2, -0.15) is 0 Å². The van der Waals surface area contributed by atoms with E-state index in [9.17, 15) is 0 Å². The molecule has 0 N–H and O–H groups in total. The molecule has 380 valence electrons. The van der Waals surface area contributed by atoms with Gasteiger partial charge in [-0.05, 0) is 104 Å². The number of hydrogen-bond donors (Lipinski definition) is 0. The average Bonchev–Trinajstić information content (AvgIpc) is 3.59. The second kappa shape index (κ2) is 21.6. The molecule has 0 radical (unpaired) electrons. The molecule has 0 spiro atoms. The Kier molecular flexibility index (Phi) is 14.5. The predicted octanol–water partition coefficient (Wildman–Crippen LogP) is 18.5. The molecule has 12 rings (SSSR count). The Bertz CT molecular complexity index is 3490. The Balaban J connectivity index is 0.00000631. The van der Waals surface area contributed by atoms with Crippen LogP contribution < -0.4 is 0 Å². The van der Waals surface area contributed by atoms with Crippen LogP contribution in [0.2, 0.25) is 0 Å². The molecular weight excluding hydrogens is 1110 g/mol. The standard InChI is InChI=1S/C73H64N3.Ir/c1-70(59-37-39-67(74-49-59)55-25-11-6-12-26-55)41-19-21-43-72(70,3)61-45-58(46-62(47-61)73(4)44-22-20-42-71(73,2)60-38-40-68(75-50-60)56-27-13-7-14-28-56)63-31-17-18-32-64(63)66-51-76-69(57-29-15-8-16-30-57)48-65(66)54-35-33-53(34-36-54)52-23-9-5-10-24-52;/h5-18,23-25,27,29,31-40,45-51H,19-22,41-44H2,1-4H3;/q-3;+3/t70-,71-,72-,73-;/m1./s1. The van der Waals surface area contributed by atoms with Crippen LogP contribution in [0.5, 0.6) is 0 Å². The monoisotopic (exact) mass is 1180 g/mol. The second-order valence-corrected chi connectivity index (χ2v) is 22.3. The van der Waals surface area contributed by atoms with Crippen molar-refractivity contribution in [2.24, 2.45) is 0 Å². The van der Waals surface area contributed by atoms with E-state index < -0.39 is 0 Å². The van der Waals surface area contributed by atoms with Gasteiger partial charge in [0.05, 0.1) is 0 Å². The summed E-state index contributed by atoms with van der Waals surface area (Å²) in [6.45, 7) is 10.2. The number of pyridine rings is 3. The maximum Gasteiger partial charge on any atom is 3.00 e. The fraction of sp³-hybridized carbons (Fsp3) is 0.219. The zero-order chi connectivity index (χ0) is 51.7. The van der Waals surface area contributed by atoms with Crippen LogP contribution in [0, 0.1) is 18.2 Å². The molecule has 3 nitrogen and oxygen atoms in total. The van der Waals surface area contributed by atoms with Gasteiger partial charge in [0.1, 0.15) is 0 Å². The van der Waals surface area contributed by atoms with Crippen molar-refractivity contribution >= 4 is 0 Å². The minimum Gasteiger partial charge on any atom is -0.304 e. The fourth-order valence-electron chi connectivity index (χ4n) is 13.2. The molecule has 0 amide bonds. The summed E-state index contributed by atoms with van der Waals surface area (Å²) in [5.41, 5.74) is 19.7. The molecule has 0 bridgehead atoms. The van der Waals surface area contributed by atoms with Gasteiger partial charge >= 0.3 is 20.1 Å². The van der Waals surface area contributed by atoms with Gasteiger partial charge < -0.3 is 15.0 Å². The zero-order valence-electron chi connectivity index (χ0n) is 44.6. The van der Waals surface area contributed by atoms with Crippen molar-refractivity contribution in [2.45, 2.75) is 101 Å². The van der Waals surface area contributed by atoms with Gasteiger partial charge in [-0.3, -0.25) is 0 Å². The van der Waals surface area contributed by atoms with Gasteiger partial charge in [-0.1, -0.05) is 181 Å². The molecule has 0 saturated heterocycles. The summed E-state index contributed by atoms with van der Waals surface area (Å²) in [5.74, 6) is 0. The van der Waals surface area contributed by atoms with E-state index in [-0.39, 0.29) is 41.8 Å². The molecule has 10 aromatic rings. The third-order valence-electron chi connectivity index (χ3n) is 18.3. The first kappa shape index (κ1) is 51.7. The quantitative estimate of drug-likeness (QED) is 0.121. The molecular formula is C73H64IrN3. The van der Waals surface area contributed by atoms with E-state index in [4.69, 9.17) is 15.0 Å². The number of nitrogens with zero attached hydrogens (tertiary/aromatic N) is 3. The first-order valence-electron chi connectivity index (χ1n) is 27.4. The minimum atomic E-state index is -0.217. The van der Waals surface area contributed by atoms with E-state index in [0.29, 0.717) is 0 Å². The van der Waals surface area contributed by atoms with Crippen LogP contribution in [-0.4, -0.2) is 15.0 Å². The second-order valence-electron chi connectivity index (χ2n) is 22.3. The minimum absolute atomic E-state index is 0. The number of hydrogen-bond acceptors (Lipinski definition) is 3. The van der Waals surface area contributed by atoms with Crippen molar-refractivity contribution in [3.63, 3.8) is 0 Å². The molecule has 2 aliphatic rings. The van der Waals surface area contributed by atoms with Gasteiger partial charge in [-0.25, -0.2) is 0 Å². The van der Waals surface area contributed by atoms with Crippen LogP contribution >= 0.6 is 0 Å². The summed E-state index contributed by atoms with van der Waals surface area (Å²) >= 11 is 0. The van der Waals surface area contributed by atoms with E-state index in [2.05, 4.69) is 228 Å². The Morgan fingerprint density at radius 1 is 0.312 bits per heavy atom. The van der Waals surface area contributed by atoms with Crippen molar-refractivity contribution in [3.8, 4) is 78.3 Å². The Morgan fingerprint density at radius 2 is 0.727 bits per heavy atom. The van der Waals surface area contributed by atoms with Crippen molar-refractivity contribution in [1.82, 2.24) is 15.0 Å². The summed E-state index contributed by atoms with van der Waals surface area (Å²) in [6.07, 6.45) is 15.4. The van der Waals surface area contributed by atoms with E-state index in [0.717, 1.165) is 81.7 Å². The summed E-state index contributed by atoms with van der Waals surface area (Å²) in [7, 11) is 0. The Morgan fingerprint density at radius 3 is 1.19 bits per heavy atom. The van der Waals surface area contributed by atoms with Crippen molar-refractivity contribution < 1.29 is 20.1 Å². The smallest absolute Gasteiger partial charge is 0.304 e. The van der Waals surface area contributed by atoms with E-state index >= 15 is 0 Å². The Labute approximate surface area is 470 Å². The van der Waals surface area contributed by atoms with Gasteiger partial charge in [-0.15, -0.1) is 108 Å². The van der Waals surface area contributed by atoms with Crippen molar-refractivity contribution in [1.29, 1.82) is 0 Å². The summed E-state index contributed by atoms with van der Waals surface area (Å²) < 4.78 is 0. The normalized spacial score (nSPS) is 21.2. The molecule has 2 saturated carbocycles. The summed E-state index contributed by atoms with van der Waals surface area (Å²) in [5, 5.41) is 0. The van der Waals surface area contributed by atoms with E-state index in [1.807, 2.05) is 36.4 Å². The van der Waals surface area contributed by atoms with Crippen molar-refractivity contribution in [3.05, 3.63) is 259 Å². The van der Waals surface area contributed by atoms with Crippen LogP contribution in [0.1, 0.15) is 101 Å². The molecule has 4 heteroatoms. The van der Waals surface area contributed by atoms with Crippen LogP contribution in [0.15, 0.2) is 219 Å². The summed E-state index contributed by atoms with van der Waals surface area (Å²) in [4.78, 5) is 15.5. The van der Waals surface area contributed by atoms with Gasteiger partial charge in [0.2, 0.25) is 0 Å². The third kappa shape index (κ3) is 9.55. The van der Waals surface area contributed by atoms with Gasteiger partial charge in [0.25, 0.3) is 0 Å². The molecule has 0 unspecified atom stereocenters. The molecule has 2 fully saturated rings. The SMILES string of the molecule is C[C@]1(c2ccc(-c3[c-]cccc3)nc2)CCCC[C@]1(C)c1cc(-c2ccccc2-c2cnc(-c3[c-]cccc3)cc2-c2ccc(-c3ccccc3)cc2)cc([C@@]2(C)CCCC[C@]2(C)c2ccc(-c3[c-]cccc3)nc2)c1.[Ir+3]. The third-order valence-corrected chi connectivity index (χ3v) is 18.3. The van der Waals surface area contributed by atoms with E-state index in [1.165, 1.54) is 70.2 Å². The molecule has 77 heavy (non-hydrogen) atoms. The summed E-state index contributed by atoms with van der Waals surface area (Å²) in [6, 6.07) is 82.6. The molecule has 2 aliphatic carbocycles. The molecule has 3 aromatic heterocycles. The maximum absolute atomic E-state index is 5.22. The van der Waals surface area contributed by atoms with Crippen LogP contribution in [-0.2, 0) is 41.8 Å². The molecule has 3 heterocycles. The number of benzene rings is 7. The molecule has 0 aliphatic heterocycles. The topological polar surface area (TPSA) is 38.7 Å².